The second-order valence-electron chi connectivity index (χ2n) is 6.56. The van der Waals surface area contributed by atoms with Crippen LogP contribution in [0.1, 0.15) is 11.1 Å². The molecule has 1 amide bonds. The quantitative estimate of drug-likeness (QED) is 0.594. The molecule has 1 N–H and O–H groups in total. The van der Waals surface area contributed by atoms with Crippen LogP contribution in [-0.2, 0) is 17.8 Å². The van der Waals surface area contributed by atoms with Crippen LogP contribution >= 0.6 is 0 Å². The topological polar surface area (TPSA) is 60.7 Å². The molecule has 134 valence electrons. The Kier molecular flexibility index (Phi) is 3.71. The third kappa shape index (κ3) is 2.87. The molecule has 5 rings (SSSR count). The Balaban J connectivity index is 1.34. The van der Waals surface area contributed by atoms with Gasteiger partial charge >= 0.3 is 0 Å². The summed E-state index contributed by atoms with van der Waals surface area (Å²) in [7, 11) is 0. The minimum absolute atomic E-state index is 0.0525. The van der Waals surface area contributed by atoms with Crippen LogP contribution in [0, 0.1) is 0 Å². The molecular weight excluding hydrogens is 342 g/mol. The molecule has 5 heteroatoms. The van der Waals surface area contributed by atoms with E-state index in [-0.39, 0.29) is 19.1 Å². The summed E-state index contributed by atoms with van der Waals surface area (Å²) in [6.45, 7) is 0.679. The lowest BCUT2D eigenvalue weighted by Crippen LogP contribution is -2.24. The number of amides is 1. The first-order valence-corrected chi connectivity index (χ1v) is 8.81. The fourth-order valence-corrected chi connectivity index (χ4v) is 3.49. The van der Waals surface area contributed by atoms with Gasteiger partial charge in [0.25, 0.3) is 0 Å². The molecule has 0 saturated carbocycles. The van der Waals surface area contributed by atoms with Gasteiger partial charge in [0.15, 0.2) is 11.5 Å². The molecule has 0 radical (unpaired) electrons. The van der Waals surface area contributed by atoms with Gasteiger partial charge < -0.3 is 19.2 Å². The van der Waals surface area contributed by atoms with Gasteiger partial charge in [-0.25, -0.2) is 0 Å². The molecule has 1 aliphatic heterocycles. The van der Waals surface area contributed by atoms with Crippen molar-refractivity contribution in [2.75, 3.05) is 6.79 Å². The Labute approximate surface area is 155 Å². The molecule has 3 aromatic carbocycles. The fourth-order valence-electron chi connectivity index (χ4n) is 3.49. The predicted octanol–water partition coefficient (Wildman–Crippen LogP) is 4.17. The summed E-state index contributed by atoms with van der Waals surface area (Å²) >= 11 is 0. The molecule has 27 heavy (non-hydrogen) atoms. The standard InChI is InChI=1S/C22H17NO4/c24-21(23-11-14-5-7-18-20(9-14)27-13-26-18)10-16-12-25-19-8-6-15-3-1-2-4-17(15)22(16)19/h1-9,12H,10-11,13H2,(H,23,24). The number of furan rings is 1. The maximum Gasteiger partial charge on any atom is 0.231 e. The molecule has 0 aliphatic carbocycles. The van der Waals surface area contributed by atoms with Crippen molar-refractivity contribution in [2.45, 2.75) is 13.0 Å². The molecule has 0 atom stereocenters. The van der Waals surface area contributed by atoms with Crippen molar-refractivity contribution in [2.24, 2.45) is 0 Å². The van der Waals surface area contributed by atoms with Crippen molar-refractivity contribution in [3.63, 3.8) is 0 Å². The number of rotatable bonds is 4. The number of benzene rings is 3. The number of nitrogens with one attached hydrogen (secondary N) is 1. The summed E-state index contributed by atoms with van der Waals surface area (Å²) < 4.78 is 16.3. The smallest absolute Gasteiger partial charge is 0.231 e. The highest BCUT2D eigenvalue weighted by Gasteiger charge is 2.15. The van der Waals surface area contributed by atoms with Crippen molar-refractivity contribution in [1.29, 1.82) is 0 Å². The third-order valence-corrected chi connectivity index (χ3v) is 4.82. The van der Waals surface area contributed by atoms with E-state index in [1.165, 1.54) is 0 Å². The average Bonchev–Trinajstić information content (AvgIpc) is 3.33. The monoisotopic (exact) mass is 359 g/mol. The maximum absolute atomic E-state index is 12.5. The Bertz CT molecular complexity index is 1160. The molecular formula is C22H17NO4. The zero-order valence-corrected chi connectivity index (χ0v) is 14.5. The van der Waals surface area contributed by atoms with E-state index in [2.05, 4.69) is 17.4 Å². The molecule has 4 aromatic rings. The molecule has 0 saturated heterocycles. The molecule has 2 heterocycles. The van der Waals surface area contributed by atoms with Crippen LogP contribution in [0.5, 0.6) is 11.5 Å². The van der Waals surface area contributed by atoms with Crippen LogP contribution in [0.4, 0.5) is 0 Å². The number of hydrogen-bond donors (Lipinski definition) is 1. The van der Waals surface area contributed by atoms with Gasteiger partial charge in [-0.05, 0) is 34.5 Å². The van der Waals surface area contributed by atoms with Gasteiger partial charge in [0, 0.05) is 17.5 Å². The van der Waals surface area contributed by atoms with E-state index in [0.717, 1.165) is 38.6 Å². The Morgan fingerprint density at radius 3 is 2.85 bits per heavy atom. The van der Waals surface area contributed by atoms with Crippen molar-refractivity contribution in [1.82, 2.24) is 5.32 Å². The Morgan fingerprint density at radius 2 is 1.89 bits per heavy atom. The number of hydrogen-bond acceptors (Lipinski definition) is 4. The second kappa shape index (κ2) is 6.36. The maximum atomic E-state index is 12.5. The van der Waals surface area contributed by atoms with Gasteiger partial charge in [0.2, 0.25) is 12.7 Å². The van der Waals surface area contributed by atoms with E-state index in [1.807, 2.05) is 42.5 Å². The van der Waals surface area contributed by atoms with Crippen molar-refractivity contribution in [3.05, 3.63) is 72.0 Å². The lowest BCUT2D eigenvalue weighted by atomic mass is 10.0. The molecule has 5 nitrogen and oxygen atoms in total. The first kappa shape index (κ1) is 15.8. The van der Waals surface area contributed by atoms with Gasteiger partial charge in [-0.3, -0.25) is 4.79 Å². The van der Waals surface area contributed by atoms with Crippen LogP contribution in [-0.4, -0.2) is 12.7 Å². The number of ether oxygens (including phenoxy) is 2. The SMILES string of the molecule is O=C(Cc1coc2ccc3ccccc3c12)NCc1ccc2c(c1)OCO2. The van der Waals surface area contributed by atoms with E-state index >= 15 is 0 Å². The second-order valence-corrected chi connectivity index (χ2v) is 6.56. The highest BCUT2D eigenvalue weighted by Crippen LogP contribution is 2.32. The van der Waals surface area contributed by atoms with E-state index < -0.39 is 0 Å². The normalized spacial score (nSPS) is 12.6. The van der Waals surface area contributed by atoms with Gasteiger partial charge in [-0.1, -0.05) is 36.4 Å². The van der Waals surface area contributed by atoms with Gasteiger partial charge in [0.1, 0.15) is 5.58 Å². The summed E-state index contributed by atoms with van der Waals surface area (Å²) in [5.74, 6) is 1.40. The molecule has 0 spiro atoms. The van der Waals surface area contributed by atoms with Crippen LogP contribution in [0.3, 0.4) is 0 Å². The summed E-state index contributed by atoms with van der Waals surface area (Å²) in [5, 5.41) is 6.20. The van der Waals surface area contributed by atoms with Crippen molar-refractivity contribution < 1.29 is 18.7 Å². The first-order chi connectivity index (χ1) is 13.3. The zero-order valence-electron chi connectivity index (χ0n) is 14.5. The average molecular weight is 359 g/mol. The molecule has 1 aromatic heterocycles. The summed E-state index contributed by atoms with van der Waals surface area (Å²) in [4.78, 5) is 12.5. The van der Waals surface area contributed by atoms with Crippen LogP contribution in [0.15, 0.2) is 65.3 Å². The zero-order chi connectivity index (χ0) is 18.2. The van der Waals surface area contributed by atoms with Crippen LogP contribution in [0.2, 0.25) is 0 Å². The number of carbonyl (C=O) groups excluding carboxylic acids is 1. The van der Waals surface area contributed by atoms with Gasteiger partial charge in [-0.15, -0.1) is 0 Å². The van der Waals surface area contributed by atoms with E-state index in [1.54, 1.807) is 6.26 Å². The third-order valence-electron chi connectivity index (χ3n) is 4.82. The number of carbonyl (C=O) groups is 1. The Morgan fingerprint density at radius 1 is 1.00 bits per heavy atom. The predicted molar refractivity (Wildman–Crippen MR) is 102 cm³/mol. The minimum atomic E-state index is -0.0525. The summed E-state index contributed by atoms with van der Waals surface area (Å²) in [6, 6.07) is 17.8. The van der Waals surface area contributed by atoms with Crippen molar-refractivity contribution in [3.8, 4) is 11.5 Å². The van der Waals surface area contributed by atoms with E-state index in [9.17, 15) is 4.79 Å². The minimum Gasteiger partial charge on any atom is -0.464 e. The van der Waals surface area contributed by atoms with Gasteiger partial charge in [-0.2, -0.15) is 0 Å². The fraction of sp³-hybridized carbons (Fsp3) is 0.136. The molecule has 0 fully saturated rings. The lowest BCUT2D eigenvalue weighted by Gasteiger charge is -2.06. The summed E-state index contributed by atoms with van der Waals surface area (Å²) in [5.41, 5.74) is 2.66. The van der Waals surface area contributed by atoms with E-state index in [4.69, 9.17) is 13.9 Å². The largest absolute Gasteiger partial charge is 0.464 e. The Hall–Kier alpha value is -3.47. The van der Waals surface area contributed by atoms with Gasteiger partial charge in [0.05, 0.1) is 12.7 Å². The highest BCUT2D eigenvalue weighted by molar-refractivity contribution is 6.08. The van der Waals surface area contributed by atoms with Crippen LogP contribution in [0.25, 0.3) is 21.7 Å². The highest BCUT2D eigenvalue weighted by atomic mass is 16.7. The number of fused-ring (bicyclic) bond motifs is 4. The van der Waals surface area contributed by atoms with Crippen molar-refractivity contribution >= 4 is 27.6 Å². The molecule has 1 aliphatic rings. The first-order valence-electron chi connectivity index (χ1n) is 8.81. The van der Waals surface area contributed by atoms with E-state index in [0.29, 0.717) is 12.3 Å². The summed E-state index contributed by atoms with van der Waals surface area (Å²) in [6.07, 6.45) is 1.95. The van der Waals surface area contributed by atoms with Crippen LogP contribution < -0.4 is 14.8 Å². The molecule has 0 bridgehead atoms. The molecule has 0 unspecified atom stereocenters. The lowest BCUT2D eigenvalue weighted by molar-refractivity contribution is -0.120.